The van der Waals surface area contributed by atoms with E-state index in [2.05, 4.69) is 15.2 Å². The zero-order chi connectivity index (χ0) is 19.6. The number of para-hydroxylation sites is 1. The molecular formula is C20H19F2N3O2. The Morgan fingerprint density at radius 1 is 1.07 bits per heavy atom. The first kappa shape index (κ1) is 18.6. The summed E-state index contributed by atoms with van der Waals surface area (Å²) in [5, 5.41) is 7.17. The van der Waals surface area contributed by atoms with Gasteiger partial charge in [0.05, 0.1) is 16.9 Å². The molecule has 0 saturated carbocycles. The van der Waals surface area contributed by atoms with Gasteiger partial charge in [0.25, 0.3) is 5.91 Å². The van der Waals surface area contributed by atoms with Gasteiger partial charge in [0.15, 0.2) is 0 Å². The molecule has 0 bridgehead atoms. The fourth-order valence-corrected chi connectivity index (χ4v) is 2.89. The minimum Gasteiger partial charge on any atom is -0.434 e. The zero-order valence-corrected chi connectivity index (χ0v) is 15.2. The second-order valence-electron chi connectivity index (χ2n) is 6.26. The number of ether oxygens (including phenoxy) is 1. The van der Waals surface area contributed by atoms with Crippen LogP contribution in [-0.4, -0.2) is 22.3 Å². The van der Waals surface area contributed by atoms with E-state index in [-0.39, 0.29) is 11.3 Å². The average Bonchev–Trinajstić information content (AvgIpc) is 2.94. The molecule has 1 amide bonds. The molecule has 0 saturated heterocycles. The van der Waals surface area contributed by atoms with Crippen LogP contribution in [0.15, 0.2) is 48.5 Å². The van der Waals surface area contributed by atoms with E-state index in [1.54, 1.807) is 16.8 Å². The van der Waals surface area contributed by atoms with Crippen molar-refractivity contribution in [3.8, 4) is 11.4 Å². The normalized spacial score (nSPS) is 10.9. The molecule has 0 spiro atoms. The van der Waals surface area contributed by atoms with Gasteiger partial charge in [0.1, 0.15) is 11.6 Å². The fourth-order valence-electron chi connectivity index (χ4n) is 2.89. The number of benzene rings is 2. The minimum absolute atomic E-state index is 0.0172. The maximum absolute atomic E-state index is 12.7. The molecule has 0 unspecified atom stereocenters. The van der Waals surface area contributed by atoms with E-state index in [1.807, 2.05) is 39.0 Å². The Bertz CT molecular complexity index is 963. The average molecular weight is 371 g/mol. The SMILES string of the molecule is Cc1cc(C)cc(-n2nc(C)cc2NC(=O)c2ccccc2OC(F)F)c1. The monoisotopic (exact) mass is 371 g/mol. The van der Waals surface area contributed by atoms with Crippen LogP contribution in [-0.2, 0) is 0 Å². The standard InChI is InChI=1S/C20H19F2N3O2/c1-12-8-13(2)10-15(9-12)25-18(11-14(3)24-25)23-19(26)16-6-4-5-7-17(16)27-20(21)22/h4-11,20H,1-3H3,(H,23,26). The van der Waals surface area contributed by atoms with Gasteiger partial charge >= 0.3 is 6.61 Å². The number of halogens is 2. The molecular weight excluding hydrogens is 352 g/mol. The number of hydrogen-bond acceptors (Lipinski definition) is 3. The number of nitrogens with one attached hydrogen (secondary N) is 1. The van der Waals surface area contributed by atoms with Gasteiger partial charge in [-0.15, -0.1) is 0 Å². The summed E-state index contributed by atoms with van der Waals surface area (Å²) in [5.74, 6) is -0.301. The molecule has 3 rings (SSSR count). The van der Waals surface area contributed by atoms with Crippen molar-refractivity contribution in [2.75, 3.05) is 5.32 Å². The van der Waals surface area contributed by atoms with Gasteiger partial charge in [-0.3, -0.25) is 4.79 Å². The van der Waals surface area contributed by atoms with Crippen molar-refractivity contribution in [2.45, 2.75) is 27.4 Å². The van der Waals surface area contributed by atoms with Gasteiger partial charge in [-0.25, -0.2) is 4.68 Å². The van der Waals surface area contributed by atoms with Crippen LogP contribution in [0, 0.1) is 20.8 Å². The molecule has 5 nitrogen and oxygen atoms in total. The summed E-state index contributed by atoms with van der Waals surface area (Å²) in [6, 6.07) is 13.5. The number of carbonyl (C=O) groups is 1. The lowest BCUT2D eigenvalue weighted by Gasteiger charge is -2.13. The van der Waals surface area contributed by atoms with Crippen molar-refractivity contribution in [1.29, 1.82) is 0 Å². The third kappa shape index (κ3) is 4.31. The second-order valence-corrected chi connectivity index (χ2v) is 6.26. The molecule has 1 heterocycles. The topological polar surface area (TPSA) is 56.2 Å². The Morgan fingerprint density at radius 3 is 2.41 bits per heavy atom. The van der Waals surface area contributed by atoms with Crippen LogP contribution in [0.4, 0.5) is 14.6 Å². The summed E-state index contributed by atoms with van der Waals surface area (Å²) in [4.78, 5) is 12.7. The third-order valence-corrected chi connectivity index (χ3v) is 3.87. The highest BCUT2D eigenvalue weighted by Crippen LogP contribution is 2.24. The largest absolute Gasteiger partial charge is 0.434 e. The van der Waals surface area contributed by atoms with Gasteiger partial charge in [-0.2, -0.15) is 13.9 Å². The van der Waals surface area contributed by atoms with Crippen molar-refractivity contribution in [1.82, 2.24) is 9.78 Å². The number of nitrogens with zero attached hydrogens (tertiary/aromatic N) is 2. The van der Waals surface area contributed by atoms with Crippen LogP contribution in [0.2, 0.25) is 0 Å². The molecule has 0 aliphatic carbocycles. The Kier molecular flexibility index (Phi) is 5.21. The van der Waals surface area contributed by atoms with E-state index < -0.39 is 12.5 Å². The summed E-state index contributed by atoms with van der Waals surface area (Å²) in [6.45, 7) is 2.75. The lowest BCUT2D eigenvalue weighted by molar-refractivity contribution is -0.0501. The zero-order valence-electron chi connectivity index (χ0n) is 15.2. The number of amides is 1. The van der Waals surface area contributed by atoms with Gasteiger partial charge in [-0.05, 0) is 56.2 Å². The number of carbonyl (C=O) groups excluding carboxylic acids is 1. The molecule has 7 heteroatoms. The van der Waals surface area contributed by atoms with Crippen molar-refractivity contribution in [2.24, 2.45) is 0 Å². The Hall–Kier alpha value is -3.22. The summed E-state index contributed by atoms with van der Waals surface area (Å²) in [7, 11) is 0. The van der Waals surface area contributed by atoms with Crippen molar-refractivity contribution >= 4 is 11.7 Å². The highest BCUT2D eigenvalue weighted by Gasteiger charge is 2.18. The summed E-state index contributed by atoms with van der Waals surface area (Å²) >= 11 is 0. The number of hydrogen-bond donors (Lipinski definition) is 1. The molecule has 140 valence electrons. The molecule has 0 aliphatic rings. The number of aromatic nitrogens is 2. The van der Waals surface area contributed by atoms with Crippen LogP contribution < -0.4 is 10.1 Å². The van der Waals surface area contributed by atoms with Gasteiger partial charge in [-0.1, -0.05) is 18.2 Å². The number of anilines is 1. The van der Waals surface area contributed by atoms with Crippen molar-refractivity contribution in [3.63, 3.8) is 0 Å². The van der Waals surface area contributed by atoms with Crippen molar-refractivity contribution in [3.05, 3.63) is 70.9 Å². The molecule has 0 atom stereocenters. The Morgan fingerprint density at radius 2 is 1.74 bits per heavy atom. The van der Waals surface area contributed by atoms with E-state index in [4.69, 9.17) is 0 Å². The predicted molar refractivity (Wildman–Crippen MR) is 98.8 cm³/mol. The van der Waals surface area contributed by atoms with Gasteiger partial charge < -0.3 is 10.1 Å². The van der Waals surface area contributed by atoms with Gasteiger partial charge in [0.2, 0.25) is 0 Å². The third-order valence-electron chi connectivity index (χ3n) is 3.87. The fraction of sp³-hybridized carbons (Fsp3) is 0.200. The molecule has 3 aromatic rings. The summed E-state index contributed by atoms with van der Waals surface area (Å²) in [6.07, 6.45) is 0. The quantitative estimate of drug-likeness (QED) is 0.710. The highest BCUT2D eigenvalue weighted by atomic mass is 19.3. The number of rotatable bonds is 5. The second kappa shape index (κ2) is 7.57. The lowest BCUT2D eigenvalue weighted by Crippen LogP contribution is -2.17. The van der Waals surface area contributed by atoms with Crippen LogP contribution in [0.3, 0.4) is 0 Å². The molecule has 2 aromatic carbocycles. The van der Waals surface area contributed by atoms with E-state index in [9.17, 15) is 13.6 Å². The van der Waals surface area contributed by atoms with E-state index >= 15 is 0 Å². The van der Waals surface area contributed by atoms with Crippen molar-refractivity contribution < 1.29 is 18.3 Å². The summed E-state index contributed by atoms with van der Waals surface area (Å²) < 4.78 is 31.2. The van der Waals surface area contributed by atoms with E-state index in [0.717, 1.165) is 16.8 Å². The van der Waals surface area contributed by atoms with Gasteiger partial charge in [0, 0.05) is 6.07 Å². The Labute approximate surface area is 155 Å². The first-order valence-electron chi connectivity index (χ1n) is 8.34. The first-order chi connectivity index (χ1) is 12.8. The predicted octanol–water partition coefficient (Wildman–Crippen LogP) is 4.65. The molecule has 1 aromatic heterocycles. The van der Waals surface area contributed by atoms with Crippen LogP contribution in [0.1, 0.15) is 27.2 Å². The summed E-state index contributed by atoms with van der Waals surface area (Å²) in [5.41, 5.74) is 3.65. The molecule has 1 N–H and O–H groups in total. The maximum Gasteiger partial charge on any atom is 0.387 e. The van der Waals surface area contributed by atoms with Crippen LogP contribution in [0.5, 0.6) is 5.75 Å². The first-order valence-corrected chi connectivity index (χ1v) is 8.34. The molecule has 0 radical (unpaired) electrons. The molecule has 0 aliphatic heterocycles. The van der Waals surface area contributed by atoms with E-state index in [1.165, 1.54) is 18.2 Å². The maximum atomic E-state index is 12.7. The van der Waals surface area contributed by atoms with Crippen LogP contribution >= 0.6 is 0 Å². The van der Waals surface area contributed by atoms with Crippen LogP contribution in [0.25, 0.3) is 5.69 Å². The number of alkyl halides is 2. The molecule has 27 heavy (non-hydrogen) atoms. The highest BCUT2D eigenvalue weighted by molar-refractivity contribution is 6.05. The lowest BCUT2D eigenvalue weighted by atomic mass is 10.1. The molecule has 0 fully saturated rings. The number of aryl methyl sites for hydroxylation is 3. The van der Waals surface area contributed by atoms with E-state index in [0.29, 0.717) is 11.5 Å². The Balaban J connectivity index is 1.94. The smallest absolute Gasteiger partial charge is 0.387 e. The minimum atomic E-state index is -3.01.